The number of piperidine rings is 1. The molecule has 1 fully saturated rings. The Bertz CT molecular complexity index is 817. The molecule has 2 atom stereocenters. The third-order valence-corrected chi connectivity index (χ3v) is 6.36. The molecule has 1 aliphatic heterocycles. The maximum Gasteiger partial charge on any atom is 0.233 e. The average molecular weight is 421 g/mol. The van der Waals surface area contributed by atoms with Crippen molar-refractivity contribution in [2.75, 3.05) is 13.1 Å². The van der Waals surface area contributed by atoms with Crippen LogP contribution >= 0.6 is 11.8 Å². The number of nitrogens with zero attached hydrogens (tertiary/aromatic N) is 3. The lowest BCUT2D eigenvalue weighted by Crippen LogP contribution is -3.12. The van der Waals surface area contributed by atoms with Crippen LogP contribution in [0.1, 0.15) is 58.8 Å². The summed E-state index contributed by atoms with van der Waals surface area (Å²) >= 11 is 1.38. The third-order valence-electron chi connectivity index (χ3n) is 5.32. The van der Waals surface area contributed by atoms with E-state index in [4.69, 9.17) is 0 Å². The number of amides is 1. The Kier molecular flexibility index (Phi) is 7.29. The van der Waals surface area contributed by atoms with E-state index in [1.54, 1.807) is 12.1 Å². The second kappa shape index (κ2) is 9.71. The quantitative estimate of drug-likeness (QED) is 0.676. The normalized spacial score (nSPS) is 17.3. The smallest absolute Gasteiger partial charge is 0.233 e. The topological polar surface area (TPSA) is 64.2 Å². The van der Waals surface area contributed by atoms with Crippen LogP contribution < -0.4 is 10.2 Å². The summed E-state index contributed by atoms with van der Waals surface area (Å²) in [5.74, 6) is 0.541. The van der Waals surface area contributed by atoms with Crippen LogP contribution in [0.2, 0.25) is 0 Å². The Hall–Kier alpha value is -1.93. The molecule has 1 aliphatic rings. The summed E-state index contributed by atoms with van der Waals surface area (Å²) < 4.78 is 15.5. The van der Waals surface area contributed by atoms with E-state index in [9.17, 15) is 9.18 Å². The molecule has 0 aliphatic carbocycles. The summed E-state index contributed by atoms with van der Waals surface area (Å²) in [5.41, 5.74) is 0.814. The lowest BCUT2D eigenvalue weighted by atomic mass is 10.1. The number of carbonyl (C=O) groups is 1. The fraction of sp³-hybridized carbons (Fsp3) is 0.571. The molecule has 2 heterocycles. The van der Waals surface area contributed by atoms with E-state index in [1.807, 2.05) is 25.3 Å². The number of thioether (sulfide) groups is 1. The molecule has 29 heavy (non-hydrogen) atoms. The fourth-order valence-electron chi connectivity index (χ4n) is 3.71. The van der Waals surface area contributed by atoms with E-state index in [1.165, 1.54) is 48.1 Å². The van der Waals surface area contributed by atoms with Gasteiger partial charge >= 0.3 is 0 Å². The number of likely N-dealkylation sites (tertiary alicyclic amines) is 1. The summed E-state index contributed by atoms with van der Waals surface area (Å²) in [5, 5.41) is 12.2. The van der Waals surface area contributed by atoms with Crippen LogP contribution in [0.4, 0.5) is 4.39 Å². The molecule has 3 rings (SSSR count). The van der Waals surface area contributed by atoms with Crippen molar-refractivity contribution < 1.29 is 14.1 Å². The van der Waals surface area contributed by atoms with Crippen LogP contribution in [-0.2, 0) is 4.79 Å². The van der Waals surface area contributed by atoms with Gasteiger partial charge in [-0.15, -0.1) is 10.2 Å². The van der Waals surface area contributed by atoms with Crippen molar-refractivity contribution in [3.63, 3.8) is 0 Å². The van der Waals surface area contributed by atoms with Gasteiger partial charge in [0, 0.05) is 11.7 Å². The monoisotopic (exact) mass is 420 g/mol. The van der Waals surface area contributed by atoms with E-state index in [2.05, 4.69) is 22.4 Å². The van der Waals surface area contributed by atoms with Gasteiger partial charge in [-0.2, -0.15) is 0 Å². The average Bonchev–Trinajstić information content (AvgIpc) is 3.11. The molecule has 0 unspecified atom stereocenters. The first-order valence-corrected chi connectivity index (χ1v) is 11.3. The lowest BCUT2D eigenvalue weighted by molar-refractivity contribution is -0.935. The minimum Gasteiger partial charge on any atom is -0.353 e. The van der Waals surface area contributed by atoms with E-state index >= 15 is 0 Å². The minimum atomic E-state index is -0.314. The van der Waals surface area contributed by atoms with Crippen LogP contribution in [0.25, 0.3) is 5.69 Å². The van der Waals surface area contributed by atoms with E-state index in [0.717, 1.165) is 24.6 Å². The zero-order valence-corrected chi connectivity index (χ0v) is 18.4. The first kappa shape index (κ1) is 21.8. The molecule has 6 nitrogen and oxygen atoms in total. The van der Waals surface area contributed by atoms with Crippen molar-refractivity contribution in [3.05, 3.63) is 35.9 Å². The molecule has 0 saturated carbocycles. The van der Waals surface area contributed by atoms with Gasteiger partial charge in [0.25, 0.3) is 0 Å². The second-order valence-electron chi connectivity index (χ2n) is 8.02. The van der Waals surface area contributed by atoms with Crippen molar-refractivity contribution in [3.8, 4) is 5.69 Å². The van der Waals surface area contributed by atoms with Crippen molar-refractivity contribution >= 4 is 17.7 Å². The minimum absolute atomic E-state index is 0.0325. The summed E-state index contributed by atoms with van der Waals surface area (Å²) in [4.78, 5) is 13.9. The predicted octanol–water partition coefficient (Wildman–Crippen LogP) is 2.54. The highest BCUT2D eigenvalue weighted by atomic mass is 32.2. The molecule has 1 amide bonds. The number of hydrogen-bond donors (Lipinski definition) is 2. The number of rotatable bonds is 7. The SMILES string of the molecule is CC(C)NC(=O)[C@H](C)Sc1nnc([C@@H](C)[NH+]2CCCCC2)n1-c1ccc(F)cc1. The Morgan fingerprint density at radius 3 is 2.38 bits per heavy atom. The number of hydrogen-bond acceptors (Lipinski definition) is 4. The highest BCUT2D eigenvalue weighted by Gasteiger charge is 2.29. The van der Waals surface area contributed by atoms with Gasteiger partial charge in [0.15, 0.2) is 11.0 Å². The standard InChI is InChI=1S/C21H30FN5OS/c1-14(2)23-20(28)16(4)29-21-25-24-19(15(3)26-12-6-5-7-13-26)27(21)18-10-8-17(22)9-11-18/h8-11,14-16H,5-7,12-13H2,1-4H3,(H,23,28)/p+1/t15-,16+/m1/s1. The number of quaternary nitrogens is 1. The summed E-state index contributed by atoms with van der Waals surface area (Å²) in [6.07, 6.45) is 3.72. The zero-order valence-electron chi connectivity index (χ0n) is 17.6. The first-order chi connectivity index (χ1) is 13.9. The Labute approximate surface area is 176 Å². The lowest BCUT2D eigenvalue weighted by Gasteiger charge is -2.29. The van der Waals surface area contributed by atoms with Crippen LogP contribution in [0.5, 0.6) is 0 Å². The van der Waals surface area contributed by atoms with Gasteiger partial charge in [-0.25, -0.2) is 4.39 Å². The van der Waals surface area contributed by atoms with Crippen LogP contribution in [-0.4, -0.2) is 45.1 Å². The van der Waals surface area contributed by atoms with Crippen LogP contribution in [0.15, 0.2) is 29.4 Å². The number of halogens is 1. The fourth-order valence-corrected chi connectivity index (χ4v) is 4.59. The second-order valence-corrected chi connectivity index (χ2v) is 9.32. The van der Waals surface area contributed by atoms with E-state index in [0.29, 0.717) is 5.16 Å². The highest BCUT2D eigenvalue weighted by molar-refractivity contribution is 8.00. The van der Waals surface area contributed by atoms with Crippen LogP contribution in [0, 0.1) is 5.82 Å². The third kappa shape index (κ3) is 5.36. The molecule has 8 heteroatoms. The molecule has 1 aromatic heterocycles. The summed E-state index contributed by atoms with van der Waals surface area (Å²) in [7, 11) is 0. The summed E-state index contributed by atoms with van der Waals surface area (Å²) in [6.45, 7) is 10.2. The van der Waals surface area contributed by atoms with Crippen LogP contribution in [0.3, 0.4) is 0 Å². The van der Waals surface area contributed by atoms with Gasteiger partial charge in [-0.1, -0.05) is 11.8 Å². The first-order valence-electron chi connectivity index (χ1n) is 10.4. The van der Waals surface area contributed by atoms with E-state index in [-0.39, 0.29) is 29.1 Å². The molecule has 0 radical (unpaired) electrons. The molecular weight excluding hydrogens is 389 g/mol. The van der Waals surface area contributed by atoms with Gasteiger partial charge in [0.2, 0.25) is 5.91 Å². The molecular formula is C21H31FN5OS+. The number of aromatic nitrogens is 3. The Morgan fingerprint density at radius 2 is 1.76 bits per heavy atom. The van der Waals surface area contributed by atoms with Crippen molar-refractivity contribution in [2.45, 2.75) is 69.4 Å². The largest absolute Gasteiger partial charge is 0.353 e. The maximum absolute atomic E-state index is 13.5. The number of benzene rings is 1. The number of nitrogens with one attached hydrogen (secondary N) is 2. The molecule has 158 valence electrons. The highest BCUT2D eigenvalue weighted by Crippen LogP contribution is 2.28. The molecule has 2 N–H and O–H groups in total. The van der Waals surface area contributed by atoms with Crippen molar-refractivity contribution in [2.24, 2.45) is 0 Å². The van der Waals surface area contributed by atoms with Crippen molar-refractivity contribution in [1.29, 1.82) is 0 Å². The zero-order chi connectivity index (χ0) is 21.0. The van der Waals surface area contributed by atoms with E-state index < -0.39 is 0 Å². The van der Waals surface area contributed by atoms with Gasteiger partial charge in [-0.05, 0) is 71.2 Å². The maximum atomic E-state index is 13.5. The molecule has 0 spiro atoms. The number of carbonyl (C=O) groups excluding carboxylic acids is 1. The molecule has 1 aromatic carbocycles. The van der Waals surface area contributed by atoms with Gasteiger partial charge in [0.1, 0.15) is 11.9 Å². The summed E-state index contributed by atoms with van der Waals surface area (Å²) in [6, 6.07) is 6.62. The Morgan fingerprint density at radius 1 is 1.10 bits per heavy atom. The van der Waals surface area contributed by atoms with Gasteiger partial charge < -0.3 is 10.2 Å². The van der Waals surface area contributed by atoms with Gasteiger partial charge in [-0.3, -0.25) is 9.36 Å². The predicted molar refractivity (Wildman–Crippen MR) is 113 cm³/mol. The van der Waals surface area contributed by atoms with Crippen molar-refractivity contribution in [1.82, 2.24) is 20.1 Å². The Balaban J connectivity index is 1.92. The molecule has 1 saturated heterocycles. The molecule has 2 aromatic rings. The molecule has 0 bridgehead atoms. The van der Waals surface area contributed by atoms with Gasteiger partial charge in [0.05, 0.1) is 18.3 Å².